The summed E-state index contributed by atoms with van der Waals surface area (Å²) in [6.07, 6.45) is 10.3. The normalized spacial score (nSPS) is 20.1. The summed E-state index contributed by atoms with van der Waals surface area (Å²) in [4.78, 5) is 37.8. The molecule has 7 rings (SSSR count). The molecule has 0 aliphatic carbocycles. The SMILES string of the molecule is CC(=O)c1c(C2CC3CC[C@H](C2)N3C(=O)c2cc(N)n[nH]2)nc2c(-c3ccc(-n4cc(C)cn4)nc3)cnn2c1N. The Balaban J connectivity index is 1.25. The van der Waals surface area contributed by atoms with Crippen LogP contribution < -0.4 is 11.5 Å². The molecule has 13 heteroatoms. The van der Waals surface area contributed by atoms with Gasteiger partial charge in [-0.1, -0.05) is 0 Å². The molecule has 0 radical (unpaired) electrons. The van der Waals surface area contributed by atoms with Gasteiger partial charge in [-0.2, -0.15) is 19.8 Å². The predicted molar refractivity (Wildman–Crippen MR) is 150 cm³/mol. The van der Waals surface area contributed by atoms with Crippen molar-refractivity contribution >= 4 is 29.0 Å². The van der Waals surface area contributed by atoms with Gasteiger partial charge in [0.25, 0.3) is 5.91 Å². The summed E-state index contributed by atoms with van der Waals surface area (Å²) in [5.74, 6) is 0.935. The van der Waals surface area contributed by atoms with Crippen molar-refractivity contribution in [1.29, 1.82) is 0 Å². The first-order chi connectivity index (χ1) is 19.8. The Kier molecular flexibility index (Phi) is 5.63. The number of aryl methyl sites for hydroxylation is 1. The maximum atomic E-state index is 13.3. The molecule has 5 aromatic rings. The Morgan fingerprint density at radius 2 is 1.83 bits per heavy atom. The number of nitrogen functional groups attached to an aromatic ring is 2. The Labute approximate surface area is 234 Å². The molecule has 5 aromatic heterocycles. The van der Waals surface area contributed by atoms with Crippen molar-refractivity contribution in [3.63, 3.8) is 0 Å². The summed E-state index contributed by atoms with van der Waals surface area (Å²) >= 11 is 0. The number of Topliss-reactive ketones (excluding diaryl/α,β-unsaturated/α-hetero) is 1. The molecule has 7 heterocycles. The molecule has 5 N–H and O–H groups in total. The predicted octanol–water partition coefficient (Wildman–Crippen LogP) is 2.93. The minimum atomic E-state index is -0.164. The number of amides is 1. The average molecular weight is 552 g/mol. The summed E-state index contributed by atoms with van der Waals surface area (Å²) in [6, 6.07) is 5.43. The van der Waals surface area contributed by atoms with Crippen molar-refractivity contribution in [2.45, 2.75) is 57.5 Å². The lowest BCUT2D eigenvalue weighted by molar-refractivity contribution is 0.0562. The molecule has 0 saturated carbocycles. The summed E-state index contributed by atoms with van der Waals surface area (Å²) in [5.41, 5.74) is 16.9. The lowest BCUT2D eigenvalue weighted by atomic mass is 9.85. The number of H-pyrrole nitrogens is 1. The van der Waals surface area contributed by atoms with Crippen LogP contribution in [-0.2, 0) is 0 Å². The zero-order valence-electron chi connectivity index (χ0n) is 22.7. The highest BCUT2D eigenvalue weighted by Crippen LogP contribution is 2.45. The molecule has 2 aliphatic rings. The highest BCUT2D eigenvalue weighted by Gasteiger charge is 2.45. The van der Waals surface area contributed by atoms with Crippen molar-refractivity contribution < 1.29 is 9.59 Å². The minimum Gasteiger partial charge on any atom is -0.383 e. The number of aromatic nitrogens is 8. The number of hydrogen-bond acceptors (Lipinski definition) is 9. The number of rotatable bonds is 5. The number of nitrogens with two attached hydrogens (primary N) is 2. The topological polar surface area (TPSA) is 179 Å². The zero-order chi connectivity index (χ0) is 28.4. The number of hydrogen-bond donors (Lipinski definition) is 3. The van der Waals surface area contributed by atoms with Gasteiger partial charge in [-0.25, -0.2) is 14.6 Å². The number of ketones is 1. The van der Waals surface area contributed by atoms with E-state index in [0.29, 0.717) is 41.3 Å². The van der Waals surface area contributed by atoms with Gasteiger partial charge in [-0.3, -0.25) is 14.7 Å². The maximum Gasteiger partial charge on any atom is 0.272 e. The third-order valence-electron chi connectivity index (χ3n) is 8.25. The smallest absolute Gasteiger partial charge is 0.272 e. The Morgan fingerprint density at radius 1 is 1.05 bits per heavy atom. The lowest BCUT2D eigenvalue weighted by Gasteiger charge is -2.39. The first-order valence-corrected chi connectivity index (χ1v) is 13.6. The lowest BCUT2D eigenvalue weighted by Crippen LogP contribution is -2.46. The maximum absolute atomic E-state index is 13.3. The van der Waals surface area contributed by atoms with Crippen molar-refractivity contribution in [2.24, 2.45) is 0 Å². The fourth-order valence-corrected chi connectivity index (χ4v) is 6.43. The van der Waals surface area contributed by atoms with E-state index in [2.05, 4.69) is 25.4 Å². The van der Waals surface area contributed by atoms with Crippen LogP contribution in [0, 0.1) is 6.92 Å². The monoisotopic (exact) mass is 551 g/mol. The van der Waals surface area contributed by atoms with Crippen LogP contribution in [0.1, 0.15) is 70.6 Å². The first kappa shape index (κ1) is 24.9. The van der Waals surface area contributed by atoms with Crippen LogP contribution in [0.15, 0.2) is 43.0 Å². The molecule has 0 spiro atoms. The van der Waals surface area contributed by atoms with Crippen LogP contribution in [0.5, 0.6) is 0 Å². The Hall–Kier alpha value is -5.07. The second kappa shape index (κ2) is 9.25. The molecule has 0 aromatic carbocycles. The molecule has 2 unspecified atom stereocenters. The second-order valence-corrected chi connectivity index (χ2v) is 10.9. The standard InChI is InChI=1S/C28H29N11O2/c1-14-10-32-37(13-14)23-6-3-16(11-31-23)20-12-33-39-26(30)24(15(2)40)25(34-27(20)39)17-7-18-4-5-19(8-17)38(18)28(41)21-9-22(29)36-35-21/h3,6,9-13,17-19H,4-5,7-8,30H2,1-2H3,(H3,29,35,36)/t17?,18-,19?/m1/s1. The number of nitrogens with one attached hydrogen (secondary N) is 1. The highest BCUT2D eigenvalue weighted by atomic mass is 16.2. The van der Waals surface area contributed by atoms with E-state index in [1.54, 1.807) is 29.3 Å². The number of carbonyl (C=O) groups is 2. The number of piperidine rings is 1. The molecular formula is C28H29N11O2. The Morgan fingerprint density at radius 3 is 2.44 bits per heavy atom. The van der Waals surface area contributed by atoms with Crippen LogP contribution >= 0.6 is 0 Å². The number of fused-ring (bicyclic) bond motifs is 3. The van der Waals surface area contributed by atoms with Crippen LogP contribution in [-0.4, -0.2) is 68.2 Å². The van der Waals surface area contributed by atoms with E-state index in [1.807, 2.05) is 30.2 Å². The van der Waals surface area contributed by atoms with Gasteiger partial charge in [0.15, 0.2) is 17.2 Å². The quantitative estimate of drug-likeness (QED) is 0.277. The van der Waals surface area contributed by atoms with E-state index in [1.165, 1.54) is 11.4 Å². The largest absolute Gasteiger partial charge is 0.383 e. The van der Waals surface area contributed by atoms with E-state index in [-0.39, 0.29) is 41.3 Å². The van der Waals surface area contributed by atoms with Crippen LogP contribution in [0.4, 0.5) is 11.6 Å². The molecule has 2 saturated heterocycles. The van der Waals surface area contributed by atoms with Crippen molar-refractivity contribution in [3.8, 4) is 16.9 Å². The number of aromatic amines is 1. The summed E-state index contributed by atoms with van der Waals surface area (Å²) in [6.45, 7) is 3.48. The highest BCUT2D eigenvalue weighted by molar-refractivity contribution is 6.00. The molecular weight excluding hydrogens is 522 g/mol. The van der Waals surface area contributed by atoms with Crippen LogP contribution in [0.3, 0.4) is 0 Å². The Bertz CT molecular complexity index is 1800. The van der Waals surface area contributed by atoms with E-state index >= 15 is 0 Å². The second-order valence-electron chi connectivity index (χ2n) is 10.9. The molecule has 41 heavy (non-hydrogen) atoms. The van der Waals surface area contributed by atoms with Gasteiger partial charge in [0.05, 0.1) is 23.7 Å². The summed E-state index contributed by atoms with van der Waals surface area (Å²) in [7, 11) is 0. The number of anilines is 2. The van der Waals surface area contributed by atoms with Crippen molar-refractivity contribution in [1.82, 2.24) is 44.5 Å². The molecule has 2 fully saturated rings. The van der Waals surface area contributed by atoms with Gasteiger partial charge in [-0.15, -0.1) is 0 Å². The van der Waals surface area contributed by atoms with Crippen LogP contribution in [0.25, 0.3) is 22.6 Å². The molecule has 3 atom stereocenters. The fourth-order valence-electron chi connectivity index (χ4n) is 6.43. The van der Waals surface area contributed by atoms with Crippen molar-refractivity contribution in [2.75, 3.05) is 11.5 Å². The van der Waals surface area contributed by atoms with Gasteiger partial charge in [0, 0.05) is 47.6 Å². The van der Waals surface area contributed by atoms with Gasteiger partial charge in [-0.05, 0) is 57.2 Å². The van der Waals surface area contributed by atoms with E-state index in [4.69, 9.17) is 16.5 Å². The molecule has 13 nitrogen and oxygen atoms in total. The number of carbonyl (C=O) groups excluding carboxylic acids is 2. The molecule has 208 valence electrons. The average Bonchev–Trinajstić information content (AvgIpc) is 3.74. The van der Waals surface area contributed by atoms with Gasteiger partial charge >= 0.3 is 0 Å². The zero-order valence-corrected chi connectivity index (χ0v) is 22.7. The van der Waals surface area contributed by atoms with E-state index < -0.39 is 0 Å². The third-order valence-corrected chi connectivity index (χ3v) is 8.25. The summed E-state index contributed by atoms with van der Waals surface area (Å²) in [5, 5.41) is 15.5. The van der Waals surface area contributed by atoms with Gasteiger partial charge < -0.3 is 16.4 Å². The third kappa shape index (κ3) is 4.03. The molecule has 2 aliphatic heterocycles. The molecule has 2 bridgehead atoms. The molecule has 1 amide bonds. The summed E-state index contributed by atoms with van der Waals surface area (Å²) < 4.78 is 3.24. The number of pyridine rings is 1. The fraction of sp³-hybridized carbons (Fsp3) is 0.321. The first-order valence-electron chi connectivity index (χ1n) is 13.6. The van der Waals surface area contributed by atoms with Crippen molar-refractivity contribution in [3.05, 3.63) is 65.5 Å². The van der Waals surface area contributed by atoms with Gasteiger partial charge in [0.2, 0.25) is 0 Å². The van der Waals surface area contributed by atoms with E-state index in [9.17, 15) is 9.59 Å². The van der Waals surface area contributed by atoms with Crippen LogP contribution in [0.2, 0.25) is 0 Å². The van der Waals surface area contributed by atoms with Gasteiger partial charge in [0.1, 0.15) is 17.3 Å². The minimum absolute atomic E-state index is 0.0156. The van der Waals surface area contributed by atoms with E-state index in [0.717, 1.165) is 29.5 Å². The number of nitrogens with zero attached hydrogens (tertiary/aromatic N) is 8.